The molecule has 106 valence electrons. The molecule has 0 amide bonds. The first-order chi connectivity index (χ1) is 8.80. The first kappa shape index (κ1) is 15.8. The number of ketones is 1. The third-order valence-electron chi connectivity index (χ3n) is 3.04. The number of rotatable bonds is 6. The smallest absolute Gasteiger partial charge is 0.140 e. The van der Waals surface area contributed by atoms with E-state index in [1.165, 1.54) is 5.56 Å². The normalized spacial score (nSPS) is 13.3. The second-order valence-corrected chi connectivity index (χ2v) is 6.46. The van der Waals surface area contributed by atoms with Gasteiger partial charge in [0.2, 0.25) is 0 Å². The highest BCUT2D eigenvalue weighted by molar-refractivity contribution is 5.81. The summed E-state index contributed by atoms with van der Waals surface area (Å²) in [6.45, 7) is 8.51. The molecule has 0 aromatic carbocycles. The number of pyridine rings is 1. The van der Waals surface area contributed by atoms with Crippen LogP contribution < -0.4 is 5.73 Å². The molecule has 3 nitrogen and oxygen atoms in total. The predicted octanol–water partition coefficient (Wildman–Crippen LogP) is 2.91. The van der Waals surface area contributed by atoms with Gasteiger partial charge in [0.1, 0.15) is 5.78 Å². The molecule has 0 saturated heterocycles. The van der Waals surface area contributed by atoms with Crippen LogP contribution in [0.15, 0.2) is 18.3 Å². The Morgan fingerprint density at radius 3 is 2.53 bits per heavy atom. The van der Waals surface area contributed by atoms with Crippen molar-refractivity contribution < 1.29 is 4.79 Å². The Balaban J connectivity index is 2.46. The van der Waals surface area contributed by atoms with Gasteiger partial charge < -0.3 is 5.73 Å². The third-order valence-corrected chi connectivity index (χ3v) is 3.04. The summed E-state index contributed by atoms with van der Waals surface area (Å²) in [6.07, 6.45) is 4.51. The monoisotopic (exact) mass is 262 g/mol. The highest BCUT2D eigenvalue weighted by Gasteiger charge is 2.18. The summed E-state index contributed by atoms with van der Waals surface area (Å²) in [4.78, 5) is 16.3. The van der Waals surface area contributed by atoms with Crippen LogP contribution in [0, 0.1) is 5.41 Å². The summed E-state index contributed by atoms with van der Waals surface area (Å²) in [7, 11) is 0. The van der Waals surface area contributed by atoms with Crippen LogP contribution in [-0.2, 0) is 17.6 Å². The van der Waals surface area contributed by atoms with Crippen LogP contribution in [-0.4, -0.2) is 16.8 Å². The van der Waals surface area contributed by atoms with E-state index in [0.717, 1.165) is 18.5 Å². The van der Waals surface area contributed by atoms with E-state index >= 15 is 0 Å². The zero-order valence-electron chi connectivity index (χ0n) is 12.6. The second kappa shape index (κ2) is 6.80. The Kier molecular flexibility index (Phi) is 5.67. The number of aryl methyl sites for hydroxylation is 1. The van der Waals surface area contributed by atoms with Gasteiger partial charge in [-0.05, 0) is 29.9 Å². The number of hydrogen-bond donors (Lipinski definition) is 1. The van der Waals surface area contributed by atoms with E-state index in [2.05, 4.69) is 32.7 Å². The molecule has 19 heavy (non-hydrogen) atoms. The number of hydrogen-bond acceptors (Lipinski definition) is 3. The average molecular weight is 262 g/mol. The van der Waals surface area contributed by atoms with Crippen LogP contribution in [0.4, 0.5) is 0 Å². The molecule has 0 spiro atoms. The Labute approximate surface area is 116 Å². The van der Waals surface area contributed by atoms with Crippen molar-refractivity contribution in [1.29, 1.82) is 0 Å². The lowest BCUT2D eigenvalue weighted by Gasteiger charge is -2.22. The van der Waals surface area contributed by atoms with Crippen LogP contribution >= 0.6 is 0 Å². The molecule has 1 heterocycles. The molecule has 2 N–H and O–H groups in total. The number of nitrogens with zero attached hydrogens (tertiary/aromatic N) is 1. The second-order valence-electron chi connectivity index (χ2n) is 6.46. The molecule has 0 radical (unpaired) electrons. The Bertz CT molecular complexity index is 404. The Hall–Kier alpha value is -1.22. The minimum atomic E-state index is -0.0533. The molecule has 1 unspecified atom stereocenters. The van der Waals surface area contributed by atoms with Crippen LogP contribution in [0.25, 0.3) is 0 Å². The molecule has 0 bridgehead atoms. The molecule has 0 fully saturated rings. The third kappa shape index (κ3) is 6.48. The minimum Gasteiger partial charge on any atom is -0.327 e. The van der Waals surface area contributed by atoms with Crippen molar-refractivity contribution in [2.75, 3.05) is 0 Å². The fourth-order valence-electron chi connectivity index (χ4n) is 2.19. The van der Waals surface area contributed by atoms with E-state index in [1.54, 1.807) is 0 Å². The molecule has 0 saturated carbocycles. The van der Waals surface area contributed by atoms with Crippen molar-refractivity contribution in [3.63, 3.8) is 0 Å². The summed E-state index contributed by atoms with van der Waals surface area (Å²) in [5.41, 5.74) is 8.22. The molecule has 1 aromatic rings. The van der Waals surface area contributed by atoms with Crippen LogP contribution in [0.5, 0.6) is 0 Å². The molecule has 3 heteroatoms. The molecule has 1 rings (SSSR count). The predicted molar refractivity (Wildman–Crippen MR) is 79.0 cm³/mol. The first-order valence-corrected chi connectivity index (χ1v) is 7.01. The number of carbonyl (C=O) groups excluding carboxylic acids is 1. The van der Waals surface area contributed by atoms with Gasteiger partial charge in [0.25, 0.3) is 0 Å². The number of aromatic nitrogens is 1. The van der Waals surface area contributed by atoms with Crippen molar-refractivity contribution >= 4 is 5.78 Å². The molecular weight excluding hydrogens is 236 g/mol. The van der Waals surface area contributed by atoms with Crippen LogP contribution in [0.3, 0.4) is 0 Å². The minimum absolute atomic E-state index is 0.0533. The van der Waals surface area contributed by atoms with E-state index in [1.807, 2.05) is 18.3 Å². The maximum Gasteiger partial charge on any atom is 0.140 e. The lowest BCUT2D eigenvalue weighted by molar-refractivity contribution is -0.118. The SMILES string of the molecule is CCc1ccc(CC(=O)CC(N)CC(C)(C)C)nc1. The van der Waals surface area contributed by atoms with Crippen molar-refractivity contribution in [2.24, 2.45) is 11.1 Å². The fourth-order valence-corrected chi connectivity index (χ4v) is 2.19. The van der Waals surface area contributed by atoms with Crippen molar-refractivity contribution in [3.8, 4) is 0 Å². The summed E-state index contributed by atoms with van der Waals surface area (Å²) in [5, 5.41) is 0. The molecule has 0 aliphatic rings. The Morgan fingerprint density at radius 2 is 2.05 bits per heavy atom. The molecular formula is C16H26N2O. The van der Waals surface area contributed by atoms with Gasteiger partial charge in [-0.25, -0.2) is 0 Å². The van der Waals surface area contributed by atoms with Crippen LogP contribution in [0.2, 0.25) is 0 Å². The van der Waals surface area contributed by atoms with E-state index in [0.29, 0.717) is 12.8 Å². The highest BCUT2D eigenvalue weighted by atomic mass is 16.1. The first-order valence-electron chi connectivity index (χ1n) is 7.01. The standard InChI is InChI=1S/C16H26N2O/c1-5-12-6-7-14(18-11-12)9-15(19)8-13(17)10-16(2,3)4/h6-7,11,13H,5,8-10,17H2,1-4H3. The highest BCUT2D eigenvalue weighted by Crippen LogP contribution is 2.21. The van der Waals surface area contributed by atoms with Crippen molar-refractivity contribution in [3.05, 3.63) is 29.6 Å². The molecule has 0 aliphatic heterocycles. The lowest BCUT2D eigenvalue weighted by Crippen LogP contribution is -2.29. The average Bonchev–Trinajstić information content (AvgIpc) is 2.27. The van der Waals surface area contributed by atoms with Gasteiger partial charge in [-0.3, -0.25) is 9.78 Å². The quantitative estimate of drug-likeness (QED) is 0.857. The topological polar surface area (TPSA) is 56.0 Å². The van der Waals surface area contributed by atoms with Crippen molar-refractivity contribution in [1.82, 2.24) is 4.98 Å². The summed E-state index contributed by atoms with van der Waals surface area (Å²) in [5.74, 6) is 0.175. The van der Waals surface area contributed by atoms with E-state index in [-0.39, 0.29) is 17.2 Å². The van der Waals surface area contributed by atoms with Crippen molar-refractivity contribution in [2.45, 2.75) is 59.4 Å². The van der Waals surface area contributed by atoms with Gasteiger partial charge >= 0.3 is 0 Å². The summed E-state index contributed by atoms with van der Waals surface area (Å²) in [6, 6.07) is 3.92. The molecule has 1 aromatic heterocycles. The van der Waals surface area contributed by atoms with Gasteiger partial charge in [-0.1, -0.05) is 33.8 Å². The van der Waals surface area contributed by atoms with E-state index in [4.69, 9.17) is 5.73 Å². The fraction of sp³-hybridized carbons (Fsp3) is 0.625. The number of carbonyl (C=O) groups is 1. The molecule has 0 aliphatic carbocycles. The van der Waals surface area contributed by atoms with E-state index in [9.17, 15) is 4.79 Å². The lowest BCUT2D eigenvalue weighted by atomic mass is 9.86. The van der Waals surface area contributed by atoms with Gasteiger partial charge in [-0.2, -0.15) is 0 Å². The van der Waals surface area contributed by atoms with Crippen LogP contribution in [0.1, 0.15) is 51.8 Å². The zero-order chi connectivity index (χ0) is 14.5. The summed E-state index contributed by atoms with van der Waals surface area (Å²) < 4.78 is 0. The van der Waals surface area contributed by atoms with Gasteiger partial charge in [0.15, 0.2) is 0 Å². The van der Waals surface area contributed by atoms with Gasteiger partial charge in [0, 0.05) is 30.8 Å². The maximum absolute atomic E-state index is 11.9. The summed E-state index contributed by atoms with van der Waals surface area (Å²) >= 11 is 0. The number of nitrogens with two attached hydrogens (primary N) is 1. The molecule has 1 atom stereocenters. The largest absolute Gasteiger partial charge is 0.327 e. The van der Waals surface area contributed by atoms with Gasteiger partial charge in [-0.15, -0.1) is 0 Å². The number of Topliss-reactive ketones (excluding diaryl/α,β-unsaturated/α-hetero) is 1. The van der Waals surface area contributed by atoms with Gasteiger partial charge in [0.05, 0.1) is 0 Å². The zero-order valence-corrected chi connectivity index (χ0v) is 12.6. The maximum atomic E-state index is 11.9. The van der Waals surface area contributed by atoms with E-state index < -0.39 is 0 Å². The Morgan fingerprint density at radius 1 is 1.37 bits per heavy atom.